The Balaban J connectivity index is 1.73. The first-order chi connectivity index (χ1) is 11.6. The number of anilines is 1. The summed E-state index contributed by atoms with van der Waals surface area (Å²) in [6.07, 6.45) is 2.90. The maximum atomic E-state index is 6.39. The molecule has 0 fully saturated rings. The van der Waals surface area contributed by atoms with Crippen molar-refractivity contribution in [1.82, 2.24) is 14.5 Å². The molecule has 120 valence electrons. The van der Waals surface area contributed by atoms with Gasteiger partial charge < -0.3 is 15.3 Å². The summed E-state index contributed by atoms with van der Waals surface area (Å²) in [4.78, 5) is 7.83. The SMILES string of the molecule is Nc1c2cc(I)ccc2nc(=S)n1CCc1c[nH]c2ccccc12. The molecule has 0 unspecified atom stereocenters. The van der Waals surface area contributed by atoms with Gasteiger partial charge in [-0.1, -0.05) is 18.2 Å². The second kappa shape index (κ2) is 6.18. The van der Waals surface area contributed by atoms with Crippen LogP contribution in [0.25, 0.3) is 21.8 Å². The summed E-state index contributed by atoms with van der Waals surface area (Å²) >= 11 is 7.73. The topological polar surface area (TPSA) is 59.6 Å². The van der Waals surface area contributed by atoms with Crippen molar-refractivity contribution in [2.75, 3.05) is 5.73 Å². The number of aromatic amines is 1. The molecule has 4 aromatic rings. The highest BCUT2D eigenvalue weighted by atomic mass is 127. The number of hydrogen-bond acceptors (Lipinski definition) is 3. The highest BCUT2D eigenvalue weighted by molar-refractivity contribution is 14.1. The molecule has 6 heteroatoms. The first-order valence-electron chi connectivity index (χ1n) is 7.64. The lowest BCUT2D eigenvalue weighted by molar-refractivity contribution is 0.684. The van der Waals surface area contributed by atoms with Crippen molar-refractivity contribution in [1.29, 1.82) is 0 Å². The van der Waals surface area contributed by atoms with Crippen molar-refractivity contribution in [3.05, 3.63) is 62.6 Å². The van der Waals surface area contributed by atoms with E-state index in [1.54, 1.807) is 0 Å². The number of hydrogen-bond donors (Lipinski definition) is 2. The molecule has 2 aromatic heterocycles. The average molecular weight is 446 g/mol. The minimum Gasteiger partial charge on any atom is -0.384 e. The number of para-hydroxylation sites is 1. The van der Waals surface area contributed by atoms with Crippen molar-refractivity contribution in [2.45, 2.75) is 13.0 Å². The van der Waals surface area contributed by atoms with Crippen LogP contribution < -0.4 is 5.73 Å². The summed E-state index contributed by atoms with van der Waals surface area (Å²) in [6, 6.07) is 14.3. The lowest BCUT2D eigenvalue weighted by Crippen LogP contribution is -2.11. The number of benzene rings is 2. The lowest BCUT2D eigenvalue weighted by atomic mass is 10.1. The molecule has 2 heterocycles. The molecule has 0 saturated heterocycles. The predicted octanol–water partition coefficient (Wildman–Crippen LogP) is 4.68. The van der Waals surface area contributed by atoms with Crippen molar-refractivity contribution >= 4 is 62.4 Å². The van der Waals surface area contributed by atoms with E-state index >= 15 is 0 Å². The Morgan fingerprint density at radius 2 is 2.00 bits per heavy atom. The second-order valence-electron chi connectivity index (χ2n) is 5.70. The summed E-state index contributed by atoms with van der Waals surface area (Å²) in [5.74, 6) is 0.684. The molecule has 0 radical (unpaired) electrons. The summed E-state index contributed by atoms with van der Waals surface area (Å²) < 4.78 is 3.59. The van der Waals surface area contributed by atoms with E-state index < -0.39 is 0 Å². The summed E-state index contributed by atoms with van der Waals surface area (Å²) in [7, 11) is 0. The molecule has 0 aliphatic carbocycles. The molecule has 0 aliphatic heterocycles. The van der Waals surface area contributed by atoms with Gasteiger partial charge in [0.05, 0.1) is 5.52 Å². The highest BCUT2D eigenvalue weighted by Gasteiger charge is 2.09. The summed E-state index contributed by atoms with van der Waals surface area (Å²) in [6.45, 7) is 0.709. The number of nitrogen functional groups attached to an aromatic ring is 1. The fraction of sp³-hybridized carbons (Fsp3) is 0.111. The molecule has 4 nitrogen and oxygen atoms in total. The first-order valence-corrected chi connectivity index (χ1v) is 9.13. The third-order valence-corrected chi connectivity index (χ3v) is 5.23. The highest BCUT2D eigenvalue weighted by Crippen LogP contribution is 2.24. The van der Waals surface area contributed by atoms with Crippen molar-refractivity contribution in [2.24, 2.45) is 0 Å². The molecule has 2 aromatic carbocycles. The van der Waals surface area contributed by atoms with Gasteiger partial charge in [0, 0.05) is 32.6 Å². The fourth-order valence-corrected chi connectivity index (χ4v) is 3.79. The lowest BCUT2D eigenvalue weighted by Gasteiger charge is -2.13. The van der Waals surface area contributed by atoms with Crippen LogP contribution in [0.3, 0.4) is 0 Å². The zero-order valence-corrected chi connectivity index (χ0v) is 15.8. The fourth-order valence-electron chi connectivity index (χ4n) is 3.01. The van der Waals surface area contributed by atoms with Crippen LogP contribution in [0.5, 0.6) is 0 Å². The monoisotopic (exact) mass is 446 g/mol. The van der Waals surface area contributed by atoms with Crippen LogP contribution in [-0.2, 0) is 13.0 Å². The normalized spacial score (nSPS) is 11.4. The average Bonchev–Trinajstić information content (AvgIpc) is 2.99. The van der Waals surface area contributed by atoms with Gasteiger partial charge in [0.15, 0.2) is 0 Å². The number of nitrogens with two attached hydrogens (primary N) is 1. The molecule has 0 amide bonds. The number of fused-ring (bicyclic) bond motifs is 2. The second-order valence-corrected chi connectivity index (χ2v) is 7.31. The van der Waals surface area contributed by atoms with E-state index in [4.69, 9.17) is 18.0 Å². The minimum absolute atomic E-state index is 0.529. The van der Waals surface area contributed by atoms with Gasteiger partial charge in [0.1, 0.15) is 5.82 Å². The smallest absolute Gasteiger partial charge is 0.201 e. The van der Waals surface area contributed by atoms with E-state index in [0.717, 1.165) is 26.4 Å². The Hall–Kier alpha value is -1.93. The molecule has 3 N–H and O–H groups in total. The number of nitrogens with one attached hydrogen (secondary N) is 1. The molecular weight excluding hydrogens is 431 g/mol. The molecule has 0 bridgehead atoms. The number of halogens is 1. The molecule has 24 heavy (non-hydrogen) atoms. The largest absolute Gasteiger partial charge is 0.384 e. The van der Waals surface area contributed by atoms with Gasteiger partial charge in [-0.3, -0.25) is 0 Å². The van der Waals surface area contributed by atoms with Gasteiger partial charge in [0.2, 0.25) is 4.77 Å². The van der Waals surface area contributed by atoms with Gasteiger partial charge in [-0.05, 0) is 71.1 Å². The van der Waals surface area contributed by atoms with Gasteiger partial charge in [-0.15, -0.1) is 0 Å². The zero-order valence-electron chi connectivity index (χ0n) is 12.8. The summed E-state index contributed by atoms with van der Waals surface area (Å²) in [5, 5.41) is 2.19. The Morgan fingerprint density at radius 1 is 1.17 bits per heavy atom. The number of aromatic nitrogens is 3. The number of aryl methyl sites for hydroxylation is 1. The third-order valence-electron chi connectivity index (χ3n) is 4.25. The van der Waals surface area contributed by atoms with Gasteiger partial charge in [0.25, 0.3) is 0 Å². The zero-order chi connectivity index (χ0) is 16.7. The van der Waals surface area contributed by atoms with E-state index in [1.165, 1.54) is 10.9 Å². The number of nitrogens with zero attached hydrogens (tertiary/aromatic N) is 2. The molecular formula is C18H15IN4S. The number of rotatable bonds is 3. The Kier molecular flexibility index (Phi) is 4.01. The predicted molar refractivity (Wildman–Crippen MR) is 110 cm³/mol. The van der Waals surface area contributed by atoms with Crippen molar-refractivity contribution < 1.29 is 0 Å². The number of H-pyrrole nitrogens is 1. The van der Waals surface area contributed by atoms with Gasteiger partial charge in [-0.2, -0.15) is 0 Å². The van der Waals surface area contributed by atoms with Crippen LogP contribution >= 0.6 is 34.8 Å². The van der Waals surface area contributed by atoms with Crippen LogP contribution in [0.2, 0.25) is 0 Å². The van der Waals surface area contributed by atoms with E-state index in [2.05, 4.69) is 63.0 Å². The molecule has 0 spiro atoms. The van der Waals surface area contributed by atoms with Crippen LogP contribution in [0.15, 0.2) is 48.7 Å². The van der Waals surface area contributed by atoms with Crippen LogP contribution in [0, 0.1) is 8.34 Å². The van der Waals surface area contributed by atoms with E-state index in [-0.39, 0.29) is 0 Å². The van der Waals surface area contributed by atoms with Gasteiger partial charge in [-0.25, -0.2) is 4.98 Å². The Labute approximate surface area is 157 Å². The first kappa shape index (κ1) is 15.6. The van der Waals surface area contributed by atoms with E-state index in [9.17, 15) is 0 Å². The quantitative estimate of drug-likeness (QED) is 0.355. The third kappa shape index (κ3) is 2.69. The Morgan fingerprint density at radius 3 is 2.88 bits per heavy atom. The van der Waals surface area contributed by atoms with E-state index in [0.29, 0.717) is 17.1 Å². The minimum atomic E-state index is 0.529. The maximum Gasteiger partial charge on any atom is 0.201 e. The standard InChI is InChI=1S/C18H15IN4S/c19-12-5-6-16-14(9-12)17(20)23(18(24)22-16)8-7-11-10-21-15-4-2-1-3-13(11)15/h1-6,9-10,21H,7-8,20H2. The van der Waals surface area contributed by atoms with Gasteiger partial charge >= 0.3 is 0 Å². The molecule has 0 aliphatic rings. The molecule has 4 rings (SSSR count). The van der Waals surface area contributed by atoms with Crippen LogP contribution in [0.1, 0.15) is 5.56 Å². The van der Waals surface area contributed by atoms with E-state index in [1.807, 2.05) is 22.8 Å². The Bertz CT molecular complexity index is 1110. The molecule has 0 saturated carbocycles. The van der Waals surface area contributed by atoms with Crippen LogP contribution in [-0.4, -0.2) is 14.5 Å². The van der Waals surface area contributed by atoms with Crippen LogP contribution in [0.4, 0.5) is 5.82 Å². The van der Waals surface area contributed by atoms with Crippen molar-refractivity contribution in [3.63, 3.8) is 0 Å². The van der Waals surface area contributed by atoms with Crippen molar-refractivity contribution in [3.8, 4) is 0 Å². The summed E-state index contributed by atoms with van der Waals surface area (Å²) in [5.41, 5.74) is 9.64. The molecule has 0 atom stereocenters. The maximum absolute atomic E-state index is 6.39.